The fraction of sp³-hybridized carbons (Fsp3) is 0.300. The van der Waals surface area contributed by atoms with E-state index in [4.69, 9.17) is 35.4 Å². The smallest absolute Gasteiger partial charge is 0.185 e. The molecule has 0 bridgehead atoms. The quantitative estimate of drug-likeness (QED) is 0.812. The van der Waals surface area contributed by atoms with E-state index < -0.39 is 0 Å². The lowest BCUT2D eigenvalue weighted by Gasteiger charge is -2.23. The predicted molar refractivity (Wildman–Crippen MR) is 70.5 cm³/mol. The van der Waals surface area contributed by atoms with Crippen molar-refractivity contribution in [1.82, 2.24) is 15.8 Å². The second-order valence-corrected chi connectivity index (χ2v) is 4.66. The molecule has 0 spiro atoms. The van der Waals surface area contributed by atoms with E-state index in [9.17, 15) is 0 Å². The van der Waals surface area contributed by atoms with Crippen LogP contribution in [0.3, 0.4) is 0 Å². The van der Waals surface area contributed by atoms with Gasteiger partial charge in [-0.3, -0.25) is 5.43 Å². The molecule has 0 aromatic heterocycles. The molecule has 1 aromatic rings. The maximum atomic E-state index is 6.16. The molecule has 0 saturated carbocycles. The van der Waals surface area contributed by atoms with Crippen molar-refractivity contribution in [1.29, 1.82) is 0 Å². The van der Waals surface area contributed by atoms with Crippen LogP contribution < -0.4 is 10.9 Å². The monoisotopic (exact) mass is 275 g/mol. The summed E-state index contributed by atoms with van der Waals surface area (Å²) in [5.74, 6) is 0. The van der Waals surface area contributed by atoms with Crippen LogP contribution in [-0.4, -0.2) is 16.6 Å². The second-order valence-electron chi connectivity index (χ2n) is 3.43. The minimum absolute atomic E-state index is 0.0396. The second kappa shape index (κ2) is 4.75. The summed E-state index contributed by atoms with van der Waals surface area (Å²) >= 11 is 17.2. The summed E-state index contributed by atoms with van der Waals surface area (Å²) in [5, 5.41) is 1.94. The normalized spacial score (nSPS) is 20.1. The molecule has 1 aromatic carbocycles. The first kappa shape index (κ1) is 11.9. The molecule has 86 valence electrons. The van der Waals surface area contributed by atoms with Crippen LogP contribution in [0, 0.1) is 0 Å². The van der Waals surface area contributed by atoms with E-state index in [2.05, 4.69) is 10.9 Å². The molecule has 0 aliphatic carbocycles. The minimum atomic E-state index is -0.0396. The van der Waals surface area contributed by atoms with Gasteiger partial charge in [0.2, 0.25) is 0 Å². The maximum Gasteiger partial charge on any atom is 0.185 e. The summed E-state index contributed by atoms with van der Waals surface area (Å²) < 4.78 is 0. The first-order valence-electron chi connectivity index (χ1n) is 4.90. The van der Waals surface area contributed by atoms with Crippen molar-refractivity contribution < 1.29 is 0 Å². The Morgan fingerprint density at radius 2 is 2.19 bits per heavy atom. The summed E-state index contributed by atoms with van der Waals surface area (Å²) in [6.45, 7) is 2.85. The van der Waals surface area contributed by atoms with Crippen molar-refractivity contribution >= 4 is 40.5 Å². The van der Waals surface area contributed by atoms with Crippen LogP contribution in [0.5, 0.6) is 0 Å². The van der Waals surface area contributed by atoms with Crippen molar-refractivity contribution in [2.24, 2.45) is 0 Å². The van der Waals surface area contributed by atoms with Gasteiger partial charge in [0.15, 0.2) is 5.11 Å². The molecule has 0 amide bonds. The molecule has 1 aliphatic rings. The van der Waals surface area contributed by atoms with Gasteiger partial charge in [-0.05, 0) is 31.3 Å². The Morgan fingerprint density at radius 3 is 2.81 bits per heavy atom. The zero-order chi connectivity index (χ0) is 11.7. The molecule has 3 nitrogen and oxygen atoms in total. The lowest BCUT2D eigenvalue weighted by Crippen LogP contribution is -2.29. The maximum absolute atomic E-state index is 6.16. The zero-order valence-electron chi connectivity index (χ0n) is 8.63. The molecule has 1 aliphatic heterocycles. The van der Waals surface area contributed by atoms with Crippen molar-refractivity contribution in [3.8, 4) is 0 Å². The SMILES string of the molecule is CCN1C(=S)NNC1c1ccc(Cl)cc1Cl. The van der Waals surface area contributed by atoms with Gasteiger partial charge in [-0.2, -0.15) is 0 Å². The molecule has 2 N–H and O–H groups in total. The number of rotatable bonds is 2. The third kappa shape index (κ3) is 2.11. The standard InChI is InChI=1S/C10H11Cl2N3S/c1-2-15-9(13-14-10(15)16)7-4-3-6(11)5-8(7)12/h3-5,9,13H,2H2,1H3,(H,14,16). The Labute approximate surface area is 110 Å². The van der Waals surface area contributed by atoms with E-state index in [1.165, 1.54) is 0 Å². The van der Waals surface area contributed by atoms with Crippen LogP contribution in [0.2, 0.25) is 10.0 Å². The Kier molecular flexibility index (Phi) is 3.54. The molecule has 1 unspecified atom stereocenters. The molecule has 0 radical (unpaired) electrons. The summed E-state index contributed by atoms with van der Waals surface area (Å²) in [6.07, 6.45) is -0.0396. The molecular formula is C10H11Cl2N3S. The topological polar surface area (TPSA) is 27.3 Å². The fourth-order valence-electron chi connectivity index (χ4n) is 1.69. The highest BCUT2D eigenvalue weighted by molar-refractivity contribution is 7.80. The van der Waals surface area contributed by atoms with Gasteiger partial charge in [0.25, 0.3) is 0 Å². The van der Waals surface area contributed by atoms with Gasteiger partial charge in [-0.1, -0.05) is 29.3 Å². The summed E-state index contributed by atoms with van der Waals surface area (Å²) in [5.41, 5.74) is 6.98. The number of halogens is 2. The van der Waals surface area contributed by atoms with Crippen LogP contribution >= 0.6 is 35.4 Å². The fourth-order valence-corrected chi connectivity index (χ4v) is 2.50. The molecule has 6 heteroatoms. The minimum Gasteiger partial charge on any atom is -0.327 e. The number of nitrogens with zero attached hydrogens (tertiary/aromatic N) is 1. The highest BCUT2D eigenvalue weighted by Crippen LogP contribution is 2.29. The number of nitrogens with one attached hydrogen (secondary N) is 2. The van der Waals surface area contributed by atoms with Gasteiger partial charge < -0.3 is 4.90 Å². The third-order valence-electron chi connectivity index (χ3n) is 2.49. The van der Waals surface area contributed by atoms with Crippen molar-refractivity contribution in [2.45, 2.75) is 13.1 Å². The summed E-state index contributed by atoms with van der Waals surface area (Å²) in [6, 6.07) is 5.45. The van der Waals surface area contributed by atoms with Gasteiger partial charge in [0.05, 0.1) is 0 Å². The largest absolute Gasteiger partial charge is 0.327 e. The van der Waals surface area contributed by atoms with Gasteiger partial charge in [-0.25, -0.2) is 5.43 Å². The molecule has 2 rings (SSSR count). The van der Waals surface area contributed by atoms with Crippen molar-refractivity contribution in [3.63, 3.8) is 0 Å². The van der Waals surface area contributed by atoms with Crippen LogP contribution in [-0.2, 0) is 0 Å². The summed E-state index contributed by atoms with van der Waals surface area (Å²) in [4.78, 5) is 2.02. The van der Waals surface area contributed by atoms with E-state index in [0.29, 0.717) is 15.2 Å². The van der Waals surface area contributed by atoms with Crippen LogP contribution in [0.4, 0.5) is 0 Å². The summed E-state index contributed by atoms with van der Waals surface area (Å²) in [7, 11) is 0. The number of hydrogen-bond donors (Lipinski definition) is 2. The number of hydrogen-bond acceptors (Lipinski definition) is 2. The molecule has 1 heterocycles. The average molecular weight is 276 g/mol. The highest BCUT2D eigenvalue weighted by Gasteiger charge is 2.28. The van der Waals surface area contributed by atoms with E-state index >= 15 is 0 Å². The van der Waals surface area contributed by atoms with E-state index in [1.54, 1.807) is 6.07 Å². The Hall–Kier alpha value is -0.550. The first-order valence-corrected chi connectivity index (χ1v) is 6.07. The Balaban J connectivity index is 2.33. The lowest BCUT2D eigenvalue weighted by atomic mass is 10.1. The molecule has 1 atom stereocenters. The van der Waals surface area contributed by atoms with Gasteiger partial charge in [0.1, 0.15) is 6.17 Å². The van der Waals surface area contributed by atoms with Gasteiger partial charge in [-0.15, -0.1) is 0 Å². The molecule has 1 fully saturated rings. The van der Waals surface area contributed by atoms with E-state index in [-0.39, 0.29) is 6.17 Å². The van der Waals surface area contributed by atoms with Crippen LogP contribution in [0.1, 0.15) is 18.7 Å². The number of thiocarbonyl (C=S) groups is 1. The predicted octanol–water partition coefficient (Wildman–Crippen LogP) is 2.71. The number of hydrazine groups is 1. The molecular weight excluding hydrogens is 265 g/mol. The lowest BCUT2D eigenvalue weighted by molar-refractivity contribution is 0.329. The Bertz CT molecular complexity index is 425. The number of benzene rings is 1. The molecule has 16 heavy (non-hydrogen) atoms. The van der Waals surface area contributed by atoms with Crippen molar-refractivity contribution in [2.75, 3.05) is 6.54 Å². The average Bonchev–Trinajstić information content (AvgIpc) is 2.59. The van der Waals surface area contributed by atoms with Crippen LogP contribution in [0.15, 0.2) is 18.2 Å². The van der Waals surface area contributed by atoms with Crippen molar-refractivity contribution in [3.05, 3.63) is 33.8 Å². The first-order chi connectivity index (χ1) is 7.63. The third-order valence-corrected chi connectivity index (χ3v) is 3.39. The van der Waals surface area contributed by atoms with E-state index in [0.717, 1.165) is 12.1 Å². The van der Waals surface area contributed by atoms with Gasteiger partial charge >= 0.3 is 0 Å². The Morgan fingerprint density at radius 1 is 1.44 bits per heavy atom. The van der Waals surface area contributed by atoms with Gasteiger partial charge in [0, 0.05) is 22.2 Å². The zero-order valence-corrected chi connectivity index (χ0v) is 11.0. The van der Waals surface area contributed by atoms with E-state index in [1.807, 2.05) is 24.0 Å². The molecule has 1 saturated heterocycles. The highest BCUT2D eigenvalue weighted by atomic mass is 35.5. The van der Waals surface area contributed by atoms with Crippen LogP contribution in [0.25, 0.3) is 0 Å².